The molecule has 0 aromatic carbocycles. The van der Waals surface area contributed by atoms with Gasteiger partial charge >= 0.3 is 0 Å². The van der Waals surface area contributed by atoms with Gasteiger partial charge in [-0.3, -0.25) is 0 Å². The number of hydrogen-bond acceptors (Lipinski definition) is 2. The first kappa shape index (κ1) is 51.4. The Morgan fingerprint density at radius 1 is 0.241 bits per heavy atom. The molecule has 2 heteroatoms. The topological polar surface area (TPSA) is 6.48 Å². The SMILES string of the molecule is CCCCCCCCCCCCCCCCCCC1N(CCCCCCCCCCCCCC)C=CN1CCCCCCCCCCCCCCCCC. The zero-order chi connectivity index (χ0) is 38.7. The molecule has 54 heavy (non-hydrogen) atoms. The van der Waals surface area contributed by atoms with Crippen molar-refractivity contribution in [3.05, 3.63) is 12.4 Å². The van der Waals surface area contributed by atoms with E-state index >= 15 is 0 Å². The largest absolute Gasteiger partial charge is 0.356 e. The Morgan fingerprint density at radius 3 is 0.648 bits per heavy atom. The van der Waals surface area contributed by atoms with Gasteiger partial charge in [0, 0.05) is 25.5 Å². The summed E-state index contributed by atoms with van der Waals surface area (Å²) in [5, 5.41) is 0. The van der Waals surface area contributed by atoms with E-state index in [1.807, 2.05) is 0 Å². The molecule has 0 spiro atoms. The van der Waals surface area contributed by atoms with Crippen LogP contribution in [0, 0.1) is 0 Å². The first-order valence-electron chi connectivity index (χ1n) is 26.0. The van der Waals surface area contributed by atoms with Crippen molar-refractivity contribution in [1.82, 2.24) is 9.80 Å². The fourth-order valence-electron chi connectivity index (χ4n) is 9.02. The van der Waals surface area contributed by atoms with Crippen molar-refractivity contribution in [3.8, 4) is 0 Å². The lowest BCUT2D eigenvalue weighted by Crippen LogP contribution is -2.39. The minimum absolute atomic E-state index is 0.635. The van der Waals surface area contributed by atoms with Gasteiger partial charge in [-0.1, -0.05) is 278 Å². The molecule has 1 heterocycles. The van der Waals surface area contributed by atoms with Crippen LogP contribution in [0.25, 0.3) is 0 Å². The molecular formula is C52H104N2. The Bertz CT molecular complexity index is 717. The number of hydrogen-bond donors (Lipinski definition) is 0. The number of rotatable bonds is 46. The lowest BCUT2D eigenvalue weighted by molar-refractivity contribution is 0.135. The van der Waals surface area contributed by atoms with Gasteiger partial charge in [0.15, 0.2) is 0 Å². The van der Waals surface area contributed by atoms with Crippen LogP contribution < -0.4 is 0 Å². The van der Waals surface area contributed by atoms with Crippen LogP contribution >= 0.6 is 0 Å². The van der Waals surface area contributed by atoms with Crippen molar-refractivity contribution in [2.45, 2.75) is 309 Å². The molecule has 1 aliphatic heterocycles. The van der Waals surface area contributed by atoms with Gasteiger partial charge < -0.3 is 9.80 Å². The lowest BCUT2D eigenvalue weighted by Gasteiger charge is -2.33. The molecule has 2 nitrogen and oxygen atoms in total. The Kier molecular flexibility index (Phi) is 41.3. The molecule has 0 radical (unpaired) electrons. The minimum atomic E-state index is 0.635. The molecule has 0 fully saturated rings. The second kappa shape index (κ2) is 43.5. The third-order valence-electron chi connectivity index (χ3n) is 12.8. The number of unbranched alkanes of at least 4 members (excludes halogenated alkanes) is 40. The first-order chi connectivity index (χ1) is 26.8. The summed E-state index contributed by atoms with van der Waals surface area (Å²) >= 11 is 0. The van der Waals surface area contributed by atoms with Gasteiger partial charge in [-0.2, -0.15) is 0 Å². The zero-order valence-electron chi connectivity index (χ0n) is 38.2. The summed E-state index contributed by atoms with van der Waals surface area (Å²) in [6.45, 7) is 9.50. The van der Waals surface area contributed by atoms with Crippen molar-refractivity contribution in [1.29, 1.82) is 0 Å². The highest BCUT2D eigenvalue weighted by atomic mass is 15.4. The van der Waals surface area contributed by atoms with E-state index in [9.17, 15) is 0 Å². The molecule has 1 rings (SSSR count). The highest BCUT2D eigenvalue weighted by Crippen LogP contribution is 2.24. The van der Waals surface area contributed by atoms with Crippen LogP contribution in [-0.2, 0) is 0 Å². The lowest BCUT2D eigenvalue weighted by atomic mass is 10.0. The Balaban J connectivity index is 2.19. The van der Waals surface area contributed by atoms with E-state index in [0.717, 1.165) is 0 Å². The summed E-state index contributed by atoms with van der Waals surface area (Å²) in [5.74, 6) is 0. The highest BCUT2D eigenvalue weighted by molar-refractivity contribution is 4.97. The van der Waals surface area contributed by atoms with Crippen molar-refractivity contribution in [2.24, 2.45) is 0 Å². The second-order valence-electron chi connectivity index (χ2n) is 18.2. The van der Waals surface area contributed by atoms with Crippen molar-refractivity contribution in [2.75, 3.05) is 13.1 Å². The summed E-state index contributed by atoms with van der Waals surface area (Å²) in [6, 6.07) is 0. The Morgan fingerprint density at radius 2 is 0.426 bits per heavy atom. The summed E-state index contributed by atoms with van der Waals surface area (Å²) in [4.78, 5) is 5.49. The van der Waals surface area contributed by atoms with E-state index in [1.165, 1.54) is 296 Å². The summed E-state index contributed by atoms with van der Waals surface area (Å²) in [5.41, 5.74) is 0. The zero-order valence-corrected chi connectivity index (χ0v) is 38.2. The van der Waals surface area contributed by atoms with E-state index in [-0.39, 0.29) is 0 Å². The second-order valence-corrected chi connectivity index (χ2v) is 18.2. The molecule has 0 aliphatic carbocycles. The molecule has 1 atom stereocenters. The summed E-state index contributed by atoms with van der Waals surface area (Å²) in [7, 11) is 0. The van der Waals surface area contributed by atoms with E-state index < -0.39 is 0 Å². The van der Waals surface area contributed by atoms with E-state index in [0.29, 0.717) is 6.17 Å². The summed E-state index contributed by atoms with van der Waals surface area (Å²) in [6.07, 6.45) is 69.4. The maximum Gasteiger partial charge on any atom is 0.101 e. The molecule has 0 saturated carbocycles. The van der Waals surface area contributed by atoms with Crippen LogP contribution in [0.5, 0.6) is 0 Å². The Hall–Kier alpha value is -0.660. The Labute approximate surface area is 343 Å². The van der Waals surface area contributed by atoms with Crippen LogP contribution in [0.2, 0.25) is 0 Å². The van der Waals surface area contributed by atoms with Crippen LogP contribution in [0.15, 0.2) is 12.4 Å². The standard InChI is InChI=1S/C52H104N2/c1-4-7-10-13-16-19-22-25-27-28-30-32-35-38-41-44-47-52-53(48-45-42-39-36-33-24-21-18-15-12-9-6-3)50-51-54(52)49-46-43-40-37-34-31-29-26-23-20-17-14-11-8-5-2/h50-52H,4-49H2,1-3H3. The van der Waals surface area contributed by atoms with Gasteiger partial charge in [0.1, 0.15) is 6.17 Å². The van der Waals surface area contributed by atoms with Crippen LogP contribution in [0.1, 0.15) is 303 Å². The van der Waals surface area contributed by atoms with E-state index in [4.69, 9.17) is 0 Å². The summed E-state index contributed by atoms with van der Waals surface area (Å²) < 4.78 is 0. The van der Waals surface area contributed by atoms with Crippen molar-refractivity contribution >= 4 is 0 Å². The third kappa shape index (κ3) is 34.6. The molecule has 0 aromatic heterocycles. The highest BCUT2D eigenvalue weighted by Gasteiger charge is 2.25. The first-order valence-corrected chi connectivity index (χ1v) is 26.0. The average Bonchev–Trinajstić information content (AvgIpc) is 3.57. The van der Waals surface area contributed by atoms with Crippen LogP contribution in [0.4, 0.5) is 0 Å². The van der Waals surface area contributed by atoms with Gasteiger partial charge in [0.05, 0.1) is 0 Å². The maximum atomic E-state index is 2.74. The van der Waals surface area contributed by atoms with Crippen LogP contribution in [-0.4, -0.2) is 29.1 Å². The quantitative estimate of drug-likeness (QED) is 0.0571. The van der Waals surface area contributed by atoms with Crippen molar-refractivity contribution in [3.63, 3.8) is 0 Å². The predicted octanol–water partition coefficient (Wildman–Crippen LogP) is 18.6. The molecular weight excluding hydrogens is 653 g/mol. The minimum Gasteiger partial charge on any atom is -0.356 e. The van der Waals surface area contributed by atoms with Gasteiger partial charge in [-0.05, 0) is 25.7 Å². The molecule has 0 N–H and O–H groups in total. The molecule has 0 amide bonds. The van der Waals surface area contributed by atoms with E-state index in [1.54, 1.807) is 0 Å². The molecule has 322 valence electrons. The third-order valence-corrected chi connectivity index (χ3v) is 12.8. The molecule has 0 aromatic rings. The predicted molar refractivity (Wildman–Crippen MR) is 247 cm³/mol. The number of nitrogens with zero attached hydrogens (tertiary/aromatic N) is 2. The fraction of sp³-hybridized carbons (Fsp3) is 0.962. The van der Waals surface area contributed by atoms with Crippen molar-refractivity contribution < 1.29 is 0 Å². The molecule has 1 unspecified atom stereocenters. The van der Waals surface area contributed by atoms with Gasteiger partial charge in [-0.25, -0.2) is 0 Å². The fourth-order valence-corrected chi connectivity index (χ4v) is 9.02. The molecule has 0 bridgehead atoms. The van der Waals surface area contributed by atoms with Crippen LogP contribution in [0.3, 0.4) is 0 Å². The van der Waals surface area contributed by atoms with E-state index in [2.05, 4.69) is 43.0 Å². The van der Waals surface area contributed by atoms with Gasteiger partial charge in [-0.15, -0.1) is 0 Å². The van der Waals surface area contributed by atoms with Gasteiger partial charge in [0.25, 0.3) is 0 Å². The smallest absolute Gasteiger partial charge is 0.101 e. The van der Waals surface area contributed by atoms with Gasteiger partial charge in [0.2, 0.25) is 0 Å². The molecule has 1 aliphatic rings. The monoisotopic (exact) mass is 757 g/mol. The average molecular weight is 757 g/mol. The normalized spacial score (nSPS) is 14.3. The molecule has 0 saturated heterocycles. The maximum absolute atomic E-state index is 2.74.